The van der Waals surface area contributed by atoms with Crippen molar-refractivity contribution in [3.8, 4) is 0 Å². The van der Waals surface area contributed by atoms with Crippen LogP contribution in [0.1, 0.15) is 36.8 Å². The van der Waals surface area contributed by atoms with Crippen LogP contribution >= 0.6 is 0 Å². The maximum atomic E-state index is 11.3. The number of carbonyl (C=O) groups is 1. The van der Waals surface area contributed by atoms with Crippen molar-refractivity contribution < 1.29 is 4.79 Å². The Balaban J connectivity index is 2.14. The fourth-order valence-corrected chi connectivity index (χ4v) is 2.88. The summed E-state index contributed by atoms with van der Waals surface area (Å²) in [5, 5.41) is 0. The van der Waals surface area contributed by atoms with Gasteiger partial charge in [-0.25, -0.2) is 0 Å². The highest BCUT2D eigenvalue weighted by Gasteiger charge is 2.24. The molecule has 1 aliphatic rings. The lowest BCUT2D eigenvalue weighted by atomic mass is 10.1. The van der Waals surface area contributed by atoms with E-state index in [1.165, 1.54) is 18.4 Å². The van der Waals surface area contributed by atoms with Gasteiger partial charge in [0.05, 0.1) is 6.54 Å². The second-order valence-electron chi connectivity index (χ2n) is 5.44. The van der Waals surface area contributed by atoms with Crippen molar-refractivity contribution in [3.05, 3.63) is 29.3 Å². The summed E-state index contributed by atoms with van der Waals surface area (Å²) >= 11 is 0. The number of benzene rings is 1. The van der Waals surface area contributed by atoms with Crippen LogP contribution in [-0.4, -0.2) is 23.4 Å². The number of amides is 1. The molecule has 1 aromatic carbocycles. The van der Waals surface area contributed by atoms with Gasteiger partial charge in [0.25, 0.3) is 0 Å². The number of hydrogen-bond acceptors (Lipinski definition) is 3. The Labute approximate surface area is 114 Å². The summed E-state index contributed by atoms with van der Waals surface area (Å²) in [6, 6.07) is 6.43. The third-order valence-electron chi connectivity index (χ3n) is 4.06. The zero-order chi connectivity index (χ0) is 13.8. The Morgan fingerprint density at radius 1 is 1.37 bits per heavy atom. The van der Waals surface area contributed by atoms with Crippen LogP contribution in [0, 0.1) is 6.92 Å². The monoisotopic (exact) mass is 261 g/mol. The fourth-order valence-electron chi connectivity index (χ4n) is 2.88. The van der Waals surface area contributed by atoms with Crippen LogP contribution in [0.15, 0.2) is 18.2 Å². The van der Waals surface area contributed by atoms with Crippen LogP contribution in [-0.2, 0) is 11.3 Å². The van der Waals surface area contributed by atoms with Gasteiger partial charge in [0.1, 0.15) is 0 Å². The molecule has 0 bridgehead atoms. The Morgan fingerprint density at radius 2 is 2.05 bits per heavy atom. The topological polar surface area (TPSA) is 72.3 Å². The molecule has 0 saturated heterocycles. The lowest BCUT2D eigenvalue weighted by Crippen LogP contribution is -2.39. The number of nitrogens with zero attached hydrogens (tertiary/aromatic N) is 1. The molecule has 4 N–H and O–H groups in total. The summed E-state index contributed by atoms with van der Waals surface area (Å²) in [5.74, 6) is -0.256. The van der Waals surface area contributed by atoms with Crippen molar-refractivity contribution in [2.75, 3.05) is 12.3 Å². The zero-order valence-corrected chi connectivity index (χ0v) is 11.6. The standard InChI is InChI=1S/C15H23N3O/c1-11-12(5-4-8-14(11)16)9-18(10-15(17)19)13-6-2-3-7-13/h4-5,8,13H,2-3,6-7,9-10,16H2,1H3,(H2,17,19). The number of nitrogen functional groups attached to an aromatic ring is 1. The van der Waals surface area contributed by atoms with Gasteiger partial charge < -0.3 is 11.5 Å². The van der Waals surface area contributed by atoms with Gasteiger partial charge in [-0.15, -0.1) is 0 Å². The molecule has 0 heterocycles. The number of primary amides is 1. The highest BCUT2D eigenvalue weighted by molar-refractivity contribution is 5.76. The summed E-state index contributed by atoms with van der Waals surface area (Å²) in [4.78, 5) is 13.5. The molecular weight excluding hydrogens is 238 g/mol. The first-order valence-electron chi connectivity index (χ1n) is 6.94. The number of nitrogens with two attached hydrogens (primary N) is 2. The quantitative estimate of drug-likeness (QED) is 0.794. The molecule has 0 aromatic heterocycles. The van der Waals surface area contributed by atoms with Crippen molar-refractivity contribution in [2.24, 2.45) is 5.73 Å². The number of carbonyl (C=O) groups excluding carboxylic acids is 1. The fraction of sp³-hybridized carbons (Fsp3) is 0.533. The minimum absolute atomic E-state index is 0.256. The van der Waals surface area contributed by atoms with E-state index in [-0.39, 0.29) is 5.91 Å². The SMILES string of the molecule is Cc1c(N)cccc1CN(CC(N)=O)C1CCCC1. The van der Waals surface area contributed by atoms with Crippen LogP contribution in [0.3, 0.4) is 0 Å². The maximum Gasteiger partial charge on any atom is 0.231 e. The van der Waals surface area contributed by atoms with E-state index in [2.05, 4.69) is 11.0 Å². The van der Waals surface area contributed by atoms with Crippen LogP contribution in [0.5, 0.6) is 0 Å². The largest absolute Gasteiger partial charge is 0.399 e. The lowest BCUT2D eigenvalue weighted by molar-refractivity contribution is -0.119. The van der Waals surface area contributed by atoms with Gasteiger partial charge in [-0.1, -0.05) is 25.0 Å². The van der Waals surface area contributed by atoms with Gasteiger partial charge in [0, 0.05) is 18.3 Å². The molecule has 0 spiro atoms. The van der Waals surface area contributed by atoms with Crippen LogP contribution < -0.4 is 11.5 Å². The molecule has 1 aromatic rings. The molecule has 0 unspecified atom stereocenters. The van der Waals surface area contributed by atoms with Gasteiger partial charge in [-0.05, 0) is 37.0 Å². The molecule has 1 saturated carbocycles. The van der Waals surface area contributed by atoms with Crippen molar-refractivity contribution in [1.29, 1.82) is 0 Å². The molecule has 1 amide bonds. The first kappa shape index (κ1) is 13.9. The van der Waals surface area contributed by atoms with E-state index >= 15 is 0 Å². The van der Waals surface area contributed by atoms with E-state index in [0.29, 0.717) is 12.6 Å². The van der Waals surface area contributed by atoms with E-state index in [4.69, 9.17) is 11.5 Å². The average Bonchev–Trinajstić information content (AvgIpc) is 2.87. The second-order valence-corrected chi connectivity index (χ2v) is 5.44. The maximum absolute atomic E-state index is 11.3. The number of rotatable bonds is 5. The predicted octanol–water partition coefficient (Wildman–Crippen LogP) is 1.81. The summed E-state index contributed by atoms with van der Waals surface area (Å²) in [6.45, 7) is 3.12. The Morgan fingerprint density at radius 3 is 2.68 bits per heavy atom. The van der Waals surface area contributed by atoms with E-state index in [1.54, 1.807) is 0 Å². The normalized spacial score (nSPS) is 16.1. The molecular formula is C15H23N3O. The molecule has 104 valence electrons. The second kappa shape index (κ2) is 6.06. The summed E-state index contributed by atoms with van der Waals surface area (Å²) in [7, 11) is 0. The van der Waals surface area contributed by atoms with Gasteiger partial charge >= 0.3 is 0 Å². The summed E-state index contributed by atoms with van der Waals surface area (Å²) in [5.41, 5.74) is 14.4. The first-order valence-corrected chi connectivity index (χ1v) is 6.94. The third kappa shape index (κ3) is 3.47. The predicted molar refractivity (Wildman–Crippen MR) is 77.5 cm³/mol. The van der Waals surface area contributed by atoms with Crippen molar-refractivity contribution in [3.63, 3.8) is 0 Å². The molecule has 1 fully saturated rings. The van der Waals surface area contributed by atoms with Gasteiger partial charge in [-0.3, -0.25) is 9.69 Å². The highest BCUT2D eigenvalue weighted by Crippen LogP contribution is 2.26. The van der Waals surface area contributed by atoms with E-state index in [9.17, 15) is 4.79 Å². The van der Waals surface area contributed by atoms with Crippen LogP contribution in [0.4, 0.5) is 5.69 Å². The van der Waals surface area contributed by atoms with E-state index < -0.39 is 0 Å². The Kier molecular flexibility index (Phi) is 4.43. The van der Waals surface area contributed by atoms with Crippen molar-refractivity contribution in [2.45, 2.75) is 45.2 Å². The van der Waals surface area contributed by atoms with Gasteiger partial charge in [-0.2, -0.15) is 0 Å². The third-order valence-corrected chi connectivity index (χ3v) is 4.06. The summed E-state index contributed by atoms with van der Waals surface area (Å²) < 4.78 is 0. The van der Waals surface area contributed by atoms with E-state index in [0.717, 1.165) is 30.6 Å². The first-order chi connectivity index (χ1) is 9.08. The van der Waals surface area contributed by atoms with Crippen LogP contribution in [0.2, 0.25) is 0 Å². The minimum atomic E-state index is -0.256. The van der Waals surface area contributed by atoms with Gasteiger partial charge in [0.2, 0.25) is 5.91 Å². The molecule has 1 aliphatic carbocycles. The molecule has 0 radical (unpaired) electrons. The number of anilines is 1. The highest BCUT2D eigenvalue weighted by atomic mass is 16.1. The van der Waals surface area contributed by atoms with Gasteiger partial charge in [0.15, 0.2) is 0 Å². The summed E-state index contributed by atoms with van der Waals surface area (Å²) in [6.07, 6.45) is 4.81. The molecule has 0 atom stereocenters. The Bertz CT molecular complexity index is 453. The molecule has 4 nitrogen and oxygen atoms in total. The van der Waals surface area contributed by atoms with E-state index in [1.807, 2.05) is 19.1 Å². The van der Waals surface area contributed by atoms with Crippen molar-refractivity contribution >= 4 is 11.6 Å². The molecule has 19 heavy (non-hydrogen) atoms. The molecule has 0 aliphatic heterocycles. The number of hydrogen-bond donors (Lipinski definition) is 2. The van der Waals surface area contributed by atoms with Crippen LogP contribution in [0.25, 0.3) is 0 Å². The smallest absolute Gasteiger partial charge is 0.231 e. The van der Waals surface area contributed by atoms with Crippen molar-refractivity contribution in [1.82, 2.24) is 4.90 Å². The molecule has 4 heteroatoms. The minimum Gasteiger partial charge on any atom is -0.399 e. The zero-order valence-electron chi connectivity index (χ0n) is 11.6. The average molecular weight is 261 g/mol. The molecule has 2 rings (SSSR count). The Hall–Kier alpha value is -1.55. The lowest BCUT2D eigenvalue weighted by Gasteiger charge is -2.28.